The Balaban J connectivity index is 2.29. The van der Waals surface area contributed by atoms with Crippen LogP contribution < -0.4 is 4.90 Å². The standard InChI is InChI=1S/C10H7F3N2O3S3/c1-14(2)6-5(15(16)17)3-4(9(11,12)13)7-8(6)20-10(19-7)18-21-10/h3H,1-2H3. The lowest BCUT2D eigenvalue weighted by Gasteiger charge is -2.18. The number of nitro groups is 1. The predicted molar refractivity (Wildman–Crippen MR) is 75.5 cm³/mol. The monoisotopic (exact) mass is 356 g/mol. The van der Waals surface area contributed by atoms with E-state index < -0.39 is 25.9 Å². The third-order valence-electron chi connectivity index (χ3n) is 2.81. The normalized spacial score (nSPS) is 23.3. The number of thioether (sulfide) groups is 2. The van der Waals surface area contributed by atoms with E-state index in [-0.39, 0.29) is 15.5 Å². The SMILES string of the molecule is CN(C)c1c([N+](=O)[O-])cc(C(F)(F)F)c2c1SC1(OS1)S2. The number of benzene rings is 1. The van der Waals surface area contributed by atoms with Crippen molar-refractivity contribution in [1.82, 2.24) is 0 Å². The first-order valence-corrected chi connectivity index (χ1v) is 7.87. The lowest BCUT2D eigenvalue weighted by atomic mass is 10.1. The van der Waals surface area contributed by atoms with Crippen LogP contribution in [0.15, 0.2) is 15.9 Å². The highest BCUT2D eigenvalue weighted by molar-refractivity contribution is 8.38. The molecule has 5 nitrogen and oxygen atoms in total. The molecule has 2 aliphatic heterocycles. The maximum atomic E-state index is 13.2. The van der Waals surface area contributed by atoms with Gasteiger partial charge in [0, 0.05) is 25.1 Å². The Morgan fingerprint density at radius 1 is 1.33 bits per heavy atom. The van der Waals surface area contributed by atoms with E-state index in [4.69, 9.17) is 4.18 Å². The van der Waals surface area contributed by atoms with E-state index >= 15 is 0 Å². The fourth-order valence-electron chi connectivity index (χ4n) is 1.97. The van der Waals surface area contributed by atoms with Crippen LogP contribution in [0.25, 0.3) is 0 Å². The van der Waals surface area contributed by atoms with Gasteiger partial charge in [0.25, 0.3) is 9.28 Å². The summed E-state index contributed by atoms with van der Waals surface area (Å²) < 4.78 is 43.9. The Morgan fingerprint density at radius 2 is 1.90 bits per heavy atom. The number of nitro benzene ring substituents is 1. The number of fused-ring (bicyclic) bond motifs is 1. The predicted octanol–water partition coefficient (Wildman–Crippen LogP) is 4.17. The van der Waals surface area contributed by atoms with E-state index in [1.165, 1.54) is 4.90 Å². The van der Waals surface area contributed by atoms with E-state index in [2.05, 4.69) is 0 Å². The molecule has 1 unspecified atom stereocenters. The number of hydrogen-bond donors (Lipinski definition) is 0. The molecule has 0 aliphatic carbocycles. The quantitative estimate of drug-likeness (QED) is 0.341. The van der Waals surface area contributed by atoms with Crippen molar-refractivity contribution in [2.45, 2.75) is 19.6 Å². The first-order chi connectivity index (χ1) is 9.65. The number of anilines is 1. The molecule has 0 bridgehead atoms. The molecule has 0 amide bonds. The molecule has 11 heteroatoms. The van der Waals surface area contributed by atoms with Gasteiger partial charge < -0.3 is 4.90 Å². The van der Waals surface area contributed by atoms with Crippen molar-refractivity contribution in [1.29, 1.82) is 0 Å². The molecule has 1 spiro atoms. The van der Waals surface area contributed by atoms with Gasteiger partial charge in [-0.2, -0.15) is 13.2 Å². The Bertz CT molecular complexity index is 647. The first kappa shape index (κ1) is 15.1. The fourth-order valence-corrected chi connectivity index (χ4v) is 5.76. The van der Waals surface area contributed by atoms with E-state index in [0.717, 1.165) is 35.6 Å². The Morgan fingerprint density at radius 3 is 2.33 bits per heavy atom. The second-order valence-electron chi connectivity index (χ2n) is 4.47. The van der Waals surface area contributed by atoms with Crippen molar-refractivity contribution < 1.29 is 22.3 Å². The number of hydrogen-bond acceptors (Lipinski definition) is 7. The van der Waals surface area contributed by atoms with Gasteiger partial charge in [-0.3, -0.25) is 14.3 Å². The summed E-state index contributed by atoms with van der Waals surface area (Å²) in [6.45, 7) is 0. The minimum atomic E-state index is -4.65. The van der Waals surface area contributed by atoms with Gasteiger partial charge >= 0.3 is 6.18 Å². The van der Waals surface area contributed by atoms with Gasteiger partial charge in [0.2, 0.25) is 0 Å². The zero-order valence-corrected chi connectivity index (χ0v) is 13.0. The lowest BCUT2D eigenvalue weighted by molar-refractivity contribution is -0.384. The molecule has 1 aromatic rings. The van der Waals surface area contributed by atoms with Crippen molar-refractivity contribution in [3.05, 3.63) is 21.7 Å². The van der Waals surface area contributed by atoms with Crippen LogP contribution in [0.3, 0.4) is 0 Å². The molecule has 1 atom stereocenters. The Labute approximate surface area is 129 Å². The van der Waals surface area contributed by atoms with E-state index in [1.54, 1.807) is 14.1 Å². The highest BCUT2D eigenvalue weighted by Crippen LogP contribution is 2.75. The largest absolute Gasteiger partial charge is 0.417 e. The summed E-state index contributed by atoms with van der Waals surface area (Å²) in [5, 5.41) is 11.1. The summed E-state index contributed by atoms with van der Waals surface area (Å²) >= 11 is 3.08. The molecule has 0 aromatic heterocycles. The van der Waals surface area contributed by atoms with Gasteiger partial charge in [-0.15, -0.1) is 0 Å². The van der Waals surface area contributed by atoms with Gasteiger partial charge in [0.1, 0.15) is 5.69 Å². The highest BCUT2D eigenvalue weighted by atomic mass is 32.3. The number of rotatable bonds is 2. The van der Waals surface area contributed by atoms with Crippen LogP contribution in [-0.2, 0) is 10.4 Å². The number of alkyl halides is 3. The van der Waals surface area contributed by atoms with Crippen LogP contribution in [0.2, 0.25) is 0 Å². The number of halogens is 3. The van der Waals surface area contributed by atoms with Crippen molar-refractivity contribution in [2.75, 3.05) is 19.0 Å². The molecule has 0 N–H and O–H groups in total. The lowest BCUT2D eigenvalue weighted by Crippen LogP contribution is -2.15. The summed E-state index contributed by atoms with van der Waals surface area (Å²) in [5.41, 5.74) is -1.37. The highest BCUT2D eigenvalue weighted by Gasteiger charge is 2.58. The van der Waals surface area contributed by atoms with Gasteiger partial charge in [0.05, 0.1) is 27.4 Å². The van der Waals surface area contributed by atoms with Gasteiger partial charge in [-0.1, -0.05) is 23.5 Å². The fraction of sp³-hybridized carbons (Fsp3) is 0.400. The average molecular weight is 356 g/mol. The van der Waals surface area contributed by atoms with Gasteiger partial charge in [-0.05, 0) is 0 Å². The van der Waals surface area contributed by atoms with Crippen LogP contribution in [0.1, 0.15) is 5.56 Å². The average Bonchev–Trinajstić information content (AvgIpc) is 2.97. The Kier molecular flexibility index (Phi) is 3.32. The molecule has 1 aromatic carbocycles. The van der Waals surface area contributed by atoms with Crippen LogP contribution in [0.5, 0.6) is 0 Å². The third-order valence-corrected chi connectivity index (χ3v) is 6.93. The molecular formula is C10H7F3N2O3S3. The summed E-state index contributed by atoms with van der Waals surface area (Å²) in [6, 6.07) is 0.605. The van der Waals surface area contributed by atoms with Crippen molar-refractivity contribution in [3.8, 4) is 0 Å². The van der Waals surface area contributed by atoms with Crippen molar-refractivity contribution in [3.63, 3.8) is 0 Å². The molecule has 21 heavy (non-hydrogen) atoms. The van der Waals surface area contributed by atoms with Crippen molar-refractivity contribution >= 4 is 46.9 Å². The summed E-state index contributed by atoms with van der Waals surface area (Å²) in [6.07, 6.45) is -4.65. The minimum absolute atomic E-state index is 0.00759. The molecule has 1 fully saturated rings. The smallest absolute Gasteiger partial charge is 0.371 e. The Hall–Kier alpha value is -0.780. The molecule has 1 saturated heterocycles. The summed E-state index contributed by atoms with van der Waals surface area (Å²) in [7, 11) is 3.12. The van der Waals surface area contributed by atoms with Crippen LogP contribution in [-0.4, -0.2) is 22.6 Å². The molecule has 2 aliphatic rings. The van der Waals surface area contributed by atoms with E-state index in [0.29, 0.717) is 6.07 Å². The topological polar surface area (TPSA) is 58.9 Å². The van der Waals surface area contributed by atoms with Crippen LogP contribution in [0, 0.1) is 10.1 Å². The molecule has 3 rings (SSSR count). The zero-order chi connectivity index (χ0) is 15.6. The van der Waals surface area contributed by atoms with Gasteiger partial charge in [0.15, 0.2) is 0 Å². The maximum Gasteiger partial charge on any atom is 0.417 e. The molecule has 0 radical (unpaired) electrons. The second kappa shape index (κ2) is 4.61. The summed E-state index contributed by atoms with van der Waals surface area (Å²) in [5.74, 6) is 0. The molecule has 2 heterocycles. The maximum absolute atomic E-state index is 13.2. The number of nitrogens with zero attached hydrogens (tertiary/aromatic N) is 2. The van der Waals surface area contributed by atoms with E-state index in [9.17, 15) is 23.3 Å². The minimum Gasteiger partial charge on any atom is -0.371 e. The summed E-state index contributed by atoms with van der Waals surface area (Å²) in [4.78, 5) is 12.0. The van der Waals surface area contributed by atoms with Gasteiger partial charge in [-0.25, -0.2) is 0 Å². The first-order valence-electron chi connectivity index (χ1n) is 5.49. The second-order valence-corrected chi connectivity index (χ2v) is 8.53. The van der Waals surface area contributed by atoms with Crippen LogP contribution >= 0.6 is 35.6 Å². The third kappa shape index (κ3) is 2.45. The zero-order valence-electron chi connectivity index (χ0n) is 10.6. The van der Waals surface area contributed by atoms with E-state index in [1.807, 2.05) is 0 Å². The molecular weight excluding hydrogens is 349 g/mol. The molecule has 0 saturated carbocycles. The molecule has 114 valence electrons. The van der Waals surface area contributed by atoms with Crippen molar-refractivity contribution in [2.24, 2.45) is 0 Å². The van der Waals surface area contributed by atoms with Crippen LogP contribution in [0.4, 0.5) is 24.5 Å².